The summed E-state index contributed by atoms with van der Waals surface area (Å²) in [6.07, 6.45) is -0.0139. The summed E-state index contributed by atoms with van der Waals surface area (Å²) in [6.45, 7) is 0.0988. The number of carbonyl (C=O) groups excluding carboxylic acids is 1. The Morgan fingerprint density at radius 3 is 2.74 bits per heavy atom. The Labute approximate surface area is 113 Å². The van der Waals surface area contributed by atoms with Crippen molar-refractivity contribution in [3.63, 3.8) is 0 Å². The Balaban J connectivity index is 2.77. The number of alkyl halides is 3. The highest BCUT2D eigenvalue weighted by molar-refractivity contribution is 6.60. The van der Waals surface area contributed by atoms with Crippen LogP contribution in [0.2, 0.25) is 0 Å². The third-order valence-electron chi connectivity index (χ3n) is 2.19. The van der Waals surface area contributed by atoms with Gasteiger partial charge in [-0.05, 0) is 17.1 Å². The first kappa shape index (κ1) is 15.8. The molecule has 1 aromatic rings. The second-order valence-electron chi connectivity index (χ2n) is 3.62. The number of nitrogens with two attached hydrogens (primary N) is 1. The minimum Gasteiger partial charge on any atom is -0.422 e. The van der Waals surface area contributed by atoms with Crippen molar-refractivity contribution in [3.05, 3.63) is 29.8 Å². The number of benzene rings is 1. The molecule has 0 atom stereocenters. The van der Waals surface area contributed by atoms with Crippen LogP contribution in [-0.4, -0.2) is 24.6 Å². The van der Waals surface area contributed by atoms with Crippen molar-refractivity contribution >= 4 is 30.1 Å². The fourth-order valence-corrected chi connectivity index (χ4v) is 1.51. The summed E-state index contributed by atoms with van der Waals surface area (Å²) < 4.78 is 30.8. The first-order valence-electron chi connectivity index (χ1n) is 5.35. The molecular formula is C10H12BClF2N2O3. The van der Waals surface area contributed by atoms with Crippen molar-refractivity contribution in [2.24, 2.45) is 5.73 Å². The molecule has 0 aliphatic carbocycles. The van der Waals surface area contributed by atoms with Gasteiger partial charge >= 0.3 is 12.5 Å². The van der Waals surface area contributed by atoms with Crippen LogP contribution in [-0.2, 0) is 14.9 Å². The van der Waals surface area contributed by atoms with Gasteiger partial charge in [0.2, 0.25) is 5.91 Å². The lowest BCUT2D eigenvalue weighted by Crippen LogP contribution is -2.43. The van der Waals surface area contributed by atoms with Gasteiger partial charge in [0.05, 0.1) is 0 Å². The van der Waals surface area contributed by atoms with E-state index in [0.717, 1.165) is 6.07 Å². The summed E-state index contributed by atoms with van der Waals surface area (Å²) in [5.41, 5.74) is 6.20. The Kier molecular flexibility index (Phi) is 5.68. The maximum absolute atomic E-state index is 13.1. The highest BCUT2D eigenvalue weighted by atomic mass is 35.5. The van der Waals surface area contributed by atoms with Gasteiger partial charge in [-0.15, -0.1) is 0 Å². The first-order valence-corrected chi connectivity index (χ1v) is 5.72. The van der Waals surface area contributed by atoms with E-state index in [-0.39, 0.29) is 18.4 Å². The topological polar surface area (TPSA) is 84.6 Å². The van der Waals surface area contributed by atoms with Crippen LogP contribution in [0.3, 0.4) is 0 Å². The van der Waals surface area contributed by atoms with Gasteiger partial charge in [-0.3, -0.25) is 9.55 Å². The Morgan fingerprint density at radius 1 is 1.53 bits per heavy atom. The molecule has 0 saturated carbocycles. The summed E-state index contributed by atoms with van der Waals surface area (Å²) in [4.78, 5) is 11.1. The average molecular weight is 292 g/mol. The zero-order valence-electron chi connectivity index (χ0n) is 9.78. The number of carbonyl (C=O) groups is 1. The Bertz CT molecular complexity index is 445. The number of nitrogens with one attached hydrogen (secondary N) is 1. The Hall–Kier alpha value is -1.22. The molecule has 5 nitrogen and oxygen atoms in total. The predicted octanol–water partition coefficient (Wildman–Crippen LogP) is 0.0588. The van der Waals surface area contributed by atoms with Crippen molar-refractivity contribution in [1.29, 1.82) is 0 Å². The molecule has 0 aliphatic rings. The number of halogens is 3. The normalized spacial score (nSPS) is 11.2. The third kappa shape index (κ3) is 4.75. The molecule has 0 unspecified atom stereocenters. The van der Waals surface area contributed by atoms with Crippen LogP contribution in [0.4, 0.5) is 8.78 Å². The molecule has 9 heteroatoms. The molecule has 0 aromatic heterocycles. The van der Waals surface area contributed by atoms with Gasteiger partial charge in [-0.25, -0.2) is 5.48 Å². The number of hydrogen-bond acceptors (Lipinski definition) is 4. The molecule has 1 rings (SSSR count). The number of rotatable bonds is 6. The van der Waals surface area contributed by atoms with Crippen LogP contribution < -0.4 is 16.7 Å². The Morgan fingerprint density at radius 2 is 2.16 bits per heavy atom. The van der Waals surface area contributed by atoms with E-state index in [1.807, 2.05) is 5.48 Å². The molecule has 19 heavy (non-hydrogen) atoms. The summed E-state index contributed by atoms with van der Waals surface area (Å²) in [5.74, 6) is -0.573. The second kappa shape index (κ2) is 6.81. The lowest BCUT2D eigenvalue weighted by atomic mass is 9.77. The lowest BCUT2D eigenvalue weighted by molar-refractivity contribution is -0.128. The second-order valence-corrected chi connectivity index (χ2v) is 4.09. The molecule has 0 heterocycles. The van der Waals surface area contributed by atoms with Gasteiger partial charge in [0.15, 0.2) is 0 Å². The van der Waals surface area contributed by atoms with E-state index in [2.05, 4.69) is 4.76 Å². The highest BCUT2D eigenvalue weighted by Gasteiger charge is 2.35. The third-order valence-corrected chi connectivity index (χ3v) is 2.39. The monoisotopic (exact) mass is 292 g/mol. The van der Waals surface area contributed by atoms with Crippen molar-refractivity contribution in [2.75, 3.05) is 6.54 Å². The SMILES string of the molecule is NCCC(=O)NOB(O)c1ccccc1C(F)(F)Cl. The van der Waals surface area contributed by atoms with Crippen LogP contribution in [0, 0.1) is 0 Å². The molecule has 4 N–H and O–H groups in total. The zero-order valence-corrected chi connectivity index (χ0v) is 10.5. The zero-order chi connectivity index (χ0) is 14.5. The molecule has 0 saturated heterocycles. The highest BCUT2D eigenvalue weighted by Crippen LogP contribution is 2.30. The van der Waals surface area contributed by atoms with E-state index in [4.69, 9.17) is 17.3 Å². The van der Waals surface area contributed by atoms with Crippen molar-refractivity contribution in [2.45, 2.75) is 11.8 Å². The van der Waals surface area contributed by atoms with Crippen LogP contribution in [0.15, 0.2) is 24.3 Å². The van der Waals surface area contributed by atoms with Crippen LogP contribution >= 0.6 is 11.6 Å². The van der Waals surface area contributed by atoms with Crippen LogP contribution in [0.1, 0.15) is 12.0 Å². The van der Waals surface area contributed by atoms with E-state index in [0.29, 0.717) is 0 Å². The minimum absolute atomic E-state index is 0.0139. The van der Waals surface area contributed by atoms with Gasteiger partial charge in [0.1, 0.15) is 0 Å². The summed E-state index contributed by atoms with van der Waals surface area (Å²) in [7, 11) is -1.76. The van der Waals surface area contributed by atoms with E-state index in [1.165, 1.54) is 18.2 Å². The maximum atomic E-state index is 13.1. The first-order chi connectivity index (χ1) is 8.86. The summed E-state index contributed by atoms with van der Waals surface area (Å²) in [5, 5.41) is 5.97. The van der Waals surface area contributed by atoms with Crippen molar-refractivity contribution in [3.8, 4) is 0 Å². The minimum atomic E-state index is -3.65. The van der Waals surface area contributed by atoms with Crippen LogP contribution in [0.25, 0.3) is 0 Å². The fraction of sp³-hybridized carbons (Fsp3) is 0.300. The molecule has 0 bridgehead atoms. The quantitative estimate of drug-likeness (QED) is 0.393. The van der Waals surface area contributed by atoms with Gasteiger partial charge in [0, 0.05) is 18.5 Å². The number of hydroxylamine groups is 1. The van der Waals surface area contributed by atoms with E-state index < -0.39 is 24.0 Å². The molecule has 1 aromatic carbocycles. The molecular weight excluding hydrogens is 280 g/mol. The molecule has 0 fully saturated rings. The molecule has 1 amide bonds. The largest absolute Gasteiger partial charge is 0.514 e. The smallest absolute Gasteiger partial charge is 0.422 e. The lowest BCUT2D eigenvalue weighted by Gasteiger charge is -2.15. The summed E-state index contributed by atoms with van der Waals surface area (Å²) >= 11 is 4.92. The van der Waals surface area contributed by atoms with E-state index in [9.17, 15) is 18.6 Å². The van der Waals surface area contributed by atoms with Gasteiger partial charge < -0.3 is 10.8 Å². The number of hydrogen-bond donors (Lipinski definition) is 3. The van der Waals surface area contributed by atoms with E-state index in [1.54, 1.807) is 0 Å². The maximum Gasteiger partial charge on any atom is 0.514 e. The van der Waals surface area contributed by atoms with Crippen molar-refractivity contribution < 1.29 is 23.4 Å². The number of amides is 1. The predicted molar refractivity (Wildman–Crippen MR) is 66.7 cm³/mol. The van der Waals surface area contributed by atoms with Gasteiger partial charge in [-0.2, -0.15) is 8.78 Å². The average Bonchev–Trinajstić information content (AvgIpc) is 2.35. The molecule has 104 valence electrons. The van der Waals surface area contributed by atoms with Gasteiger partial charge in [-0.1, -0.05) is 24.3 Å². The summed E-state index contributed by atoms with van der Waals surface area (Å²) in [6, 6.07) is 5.03. The molecule has 0 spiro atoms. The molecule has 0 aliphatic heterocycles. The standard InChI is InChI=1S/C10H12BClF2N2O3/c12-10(13,14)7-3-1-2-4-8(7)11(18)19-16-9(17)5-6-15/h1-4,18H,5-6,15H2,(H,16,17). The van der Waals surface area contributed by atoms with Crippen molar-refractivity contribution in [1.82, 2.24) is 5.48 Å². The van der Waals surface area contributed by atoms with Gasteiger partial charge in [0.25, 0.3) is 0 Å². The van der Waals surface area contributed by atoms with E-state index >= 15 is 0 Å². The fourth-order valence-electron chi connectivity index (χ4n) is 1.34. The van der Waals surface area contributed by atoms with Crippen LogP contribution in [0.5, 0.6) is 0 Å². The molecule has 0 radical (unpaired) electrons.